The lowest BCUT2D eigenvalue weighted by molar-refractivity contribution is 0.102. The first-order chi connectivity index (χ1) is 9.95. The van der Waals surface area contributed by atoms with E-state index in [-0.39, 0.29) is 17.6 Å². The second-order valence-electron chi connectivity index (χ2n) is 5.65. The van der Waals surface area contributed by atoms with Crippen LogP contribution in [0.2, 0.25) is 5.02 Å². The van der Waals surface area contributed by atoms with Crippen molar-refractivity contribution in [3.63, 3.8) is 0 Å². The lowest BCUT2D eigenvalue weighted by Gasteiger charge is -2.15. The van der Waals surface area contributed by atoms with Gasteiger partial charge in [-0.1, -0.05) is 11.6 Å². The molecule has 1 aliphatic carbocycles. The normalized spacial score (nSPS) is 16.0. The van der Waals surface area contributed by atoms with E-state index in [4.69, 9.17) is 11.6 Å². The summed E-state index contributed by atoms with van der Waals surface area (Å²) >= 11 is 6.01. The first-order valence-electron chi connectivity index (χ1n) is 7.02. The number of hydrogen-bond donors (Lipinski definition) is 1. The molecule has 1 N–H and O–H groups in total. The van der Waals surface area contributed by atoms with Gasteiger partial charge in [-0.2, -0.15) is 10.2 Å². The second kappa shape index (κ2) is 5.18. The van der Waals surface area contributed by atoms with Crippen molar-refractivity contribution in [3.8, 4) is 0 Å². The van der Waals surface area contributed by atoms with Crippen LogP contribution in [0.1, 0.15) is 42.0 Å². The minimum atomic E-state index is -0.315. The maximum absolute atomic E-state index is 12.3. The molecule has 0 spiro atoms. The Morgan fingerprint density at radius 2 is 2.19 bits per heavy atom. The number of aryl methyl sites for hydroxylation is 2. The van der Waals surface area contributed by atoms with Gasteiger partial charge in [0.25, 0.3) is 5.91 Å². The van der Waals surface area contributed by atoms with Crippen LogP contribution in [0, 0.1) is 12.8 Å². The van der Waals surface area contributed by atoms with E-state index in [0.717, 1.165) is 5.69 Å². The summed E-state index contributed by atoms with van der Waals surface area (Å²) in [6.45, 7) is 4.05. The highest BCUT2D eigenvalue weighted by Gasteiger charge is 2.31. The molecule has 1 amide bonds. The Kier molecular flexibility index (Phi) is 3.49. The van der Waals surface area contributed by atoms with Gasteiger partial charge in [0.1, 0.15) is 5.82 Å². The Balaban J connectivity index is 1.84. The van der Waals surface area contributed by atoms with Gasteiger partial charge in [0.05, 0.1) is 16.8 Å². The minimum Gasteiger partial charge on any atom is -0.305 e. The van der Waals surface area contributed by atoms with Crippen LogP contribution in [0.15, 0.2) is 12.3 Å². The van der Waals surface area contributed by atoms with Crippen molar-refractivity contribution in [1.82, 2.24) is 19.6 Å². The molecule has 0 aliphatic heterocycles. The number of nitrogens with zero attached hydrogens (tertiary/aromatic N) is 4. The molecule has 1 atom stereocenters. The van der Waals surface area contributed by atoms with Gasteiger partial charge in [0.15, 0.2) is 5.69 Å². The quantitative estimate of drug-likeness (QED) is 0.944. The number of halogens is 1. The summed E-state index contributed by atoms with van der Waals surface area (Å²) in [7, 11) is 1.73. The second-order valence-corrected chi connectivity index (χ2v) is 6.05. The number of carbonyl (C=O) groups is 1. The van der Waals surface area contributed by atoms with Crippen molar-refractivity contribution in [2.24, 2.45) is 13.0 Å². The summed E-state index contributed by atoms with van der Waals surface area (Å²) < 4.78 is 3.41. The predicted molar refractivity (Wildman–Crippen MR) is 80.6 cm³/mol. The Hall–Kier alpha value is -1.82. The van der Waals surface area contributed by atoms with E-state index >= 15 is 0 Å². The van der Waals surface area contributed by atoms with E-state index in [1.807, 2.05) is 17.7 Å². The highest BCUT2D eigenvalue weighted by molar-refractivity contribution is 6.34. The number of hydrogen-bond acceptors (Lipinski definition) is 3. The van der Waals surface area contributed by atoms with Gasteiger partial charge >= 0.3 is 0 Å². The standard InChI is InChI=1S/C14H18ClN5O/c1-8-6-12(20(17-8)9(2)10-4-5-10)16-14(21)13-11(15)7-19(3)18-13/h6-7,9-10H,4-5H2,1-3H3,(H,16,21). The third-order valence-electron chi connectivity index (χ3n) is 3.79. The SMILES string of the molecule is Cc1cc(NC(=O)c2nn(C)cc2Cl)n(C(C)C2CC2)n1. The van der Waals surface area contributed by atoms with E-state index in [1.54, 1.807) is 13.2 Å². The van der Waals surface area contributed by atoms with Gasteiger partial charge < -0.3 is 5.32 Å². The van der Waals surface area contributed by atoms with Crippen molar-refractivity contribution >= 4 is 23.3 Å². The Morgan fingerprint density at radius 1 is 1.48 bits per heavy atom. The highest BCUT2D eigenvalue weighted by atomic mass is 35.5. The topological polar surface area (TPSA) is 64.7 Å². The van der Waals surface area contributed by atoms with E-state index in [1.165, 1.54) is 17.5 Å². The summed E-state index contributed by atoms with van der Waals surface area (Å²) in [6, 6.07) is 2.15. The first kappa shape index (κ1) is 14.1. The van der Waals surface area contributed by atoms with Gasteiger partial charge in [-0.3, -0.25) is 9.48 Å². The van der Waals surface area contributed by atoms with Crippen molar-refractivity contribution < 1.29 is 4.79 Å². The van der Waals surface area contributed by atoms with Crippen LogP contribution in [0.4, 0.5) is 5.82 Å². The predicted octanol–water partition coefficient (Wildman–Crippen LogP) is 2.80. The molecular formula is C14H18ClN5O. The molecule has 3 rings (SSSR count). The fraction of sp³-hybridized carbons (Fsp3) is 0.500. The Morgan fingerprint density at radius 3 is 2.76 bits per heavy atom. The Labute approximate surface area is 128 Å². The maximum Gasteiger partial charge on any atom is 0.278 e. The fourth-order valence-electron chi connectivity index (χ4n) is 2.49. The monoisotopic (exact) mass is 307 g/mol. The molecule has 1 saturated carbocycles. The first-order valence-corrected chi connectivity index (χ1v) is 7.40. The summed E-state index contributed by atoms with van der Waals surface area (Å²) in [5.41, 5.74) is 1.11. The molecule has 2 aromatic rings. The van der Waals surface area contributed by atoms with Crippen LogP contribution in [0.3, 0.4) is 0 Å². The van der Waals surface area contributed by atoms with Crippen molar-refractivity contribution in [3.05, 3.63) is 28.7 Å². The molecule has 6 nitrogen and oxygen atoms in total. The van der Waals surface area contributed by atoms with Crippen LogP contribution < -0.4 is 5.32 Å². The van der Waals surface area contributed by atoms with Crippen LogP contribution in [-0.2, 0) is 7.05 Å². The maximum atomic E-state index is 12.3. The molecule has 7 heteroatoms. The van der Waals surface area contributed by atoms with Crippen LogP contribution in [0.5, 0.6) is 0 Å². The van der Waals surface area contributed by atoms with E-state index in [2.05, 4.69) is 22.4 Å². The zero-order chi connectivity index (χ0) is 15.1. The Bertz CT molecular complexity index is 686. The molecule has 0 saturated heterocycles. The molecule has 0 bridgehead atoms. The van der Waals surface area contributed by atoms with Crippen molar-refractivity contribution in [2.75, 3.05) is 5.32 Å². The average molecular weight is 308 g/mol. The number of carbonyl (C=O) groups excluding carboxylic acids is 1. The number of nitrogens with one attached hydrogen (secondary N) is 1. The van der Waals surface area contributed by atoms with Gasteiger partial charge in [-0.25, -0.2) is 4.68 Å². The van der Waals surface area contributed by atoms with Gasteiger partial charge in [0.2, 0.25) is 0 Å². The minimum absolute atomic E-state index is 0.226. The van der Waals surface area contributed by atoms with Gasteiger partial charge in [-0.05, 0) is 32.6 Å². The third-order valence-corrected chi connectivity index (χ3v) is 4.07. The van der Waals surface area contributed by atoms with Gasteiger partial charge in [0, 0.05) is 19.3 Å². The molecule has 2 aromatic heterocycles. The molecule has 21 heavy (non-hydrogen) atoms. The lowest BCUT2D eigenvalue weighted by Crippen LogP contribution is -2.19. The van der Waals surface area contributed by atoms with Crippen molar-refractivity contribution in [2.45, 2.75) is 32.7 Å². The number of anilines is 1. The molecule has 0 aromatic carbocycles. The third kappa shape index (κ3) is 2.81. The van der Waals surface area contributed by atoms with Crippen LogP contribution >= 0.6 is 11.6 Å². The smallest absolute Gasteiger partial charge is 0.278 e. The summed E-state index contributed by atoms with van der Waals surface area (Å²) in [5.74, 6) is 1.03. The molecule has 2 heterocycles. The van der Waals surface area contributed by atoms with Crippen molar-refractivity contribution in [1.29, 1.82) is 0 Å². The largest absolute Gasteiger partial charge is 0.305 e. The molecule has 112 valence electrons. The molecule has 1 unspecified atom stereocenters. The summed E-state index contributed by atoms with van der Waals surface area (Å²) in [5, 5.41) is 11.8. The van der Waals surface area contributed by atoms with Gasteiger partial charge in [-0.15, -0.1) is 0 Å². The zero-order valence-corrected chi connectivity index (χ0v) is 13.1. The number of rotatable bonds is 4. The summed E-state index contributed by atoms with van der Waals surface area (Å²) in [4.78, 5) is 12.3. The fourth-order valence-corrected chi connectivity index (χ4v) is 2.75. The molecule has 1 fully saturated rings. The zero-order valence-electron chi connectivity index (χ0n) is 12.3. The van der Waals surface area contributed by atoms with E-state index < -0.39 is 0 Å². The number of amides is 1. The molecule has 0 radical (unpaired) electrons. The van der Waals surface area contributed by atoms with Crippen LogP contribution in [-0.4, -0.2) is 25.5 Å². The van der Waals surface area contributed by atoms with Crippen LogP contribution in [0.25, 0.3) is 0 Å². The van der Waals surface area contributed by atoms with E-state index in [0.29, 0.717) is 16.8 Å². The highest BCUT2D eigenvalue weighted by Crippen LogP contribution is 2.40. The molecule has 1 aliphatic rings. The van der Waals surface area contributed by atoms with E-state index in [9.17, 15) is 4.79 Å². The lowest BCUT2D eigenvalue weighted by atomic mass is 10.2. The average Bonchev–Trinajstić information content (AvgIpc) is 3.12. The molecular weight excluding hydrogens is 290 g/mol. The summed E-state index contributed by atoms with van der Waals surface area (Å²) in [6.07, 6.45) is 4.05. The number of aromatic nitrogens is 4.